The zero-order valence-electron chi connectivity index (χ0n) is 12.5. The average molecular weight is 355 g/mol. The summed E-state index contributed by atoms with van der Waals surface area (Å²) >= 11 is 7.69. The molecule has 122 valence electrons. The molecule has 2 aromatic rings. The molecule has 0 bridgehead atoms. The van der Waals surface area contributed by atoms with Crippen LogP contribution in [-0.2, 0) is 25.5 Å². The largest absolute Gasteiger partial charge is 0.494 e. The van der Waals surface area contributed by atoms with Crippen LogP contribution in [0.5, 0.6) is 0 Å². The molecule has 0 aliphatic carbocycles. The maximum absolute atomic E-state index is 12.2. The van der Waals surface area contributed by atoms with E-state index in [1.807, 2.05) is 22.8 Å². The van der Waals surface area contributed by atoms with Crippen LogP contribution < -0.4 is 4.80 Å². The molecule has 2 heterocycles. The summed E-state index contributed by atoms with van der Waals surface area (Å²) < 4.78 is 18.3. The van der Waals surface area contributed by atoms with Crippen molar-refractivity contribution in [1.82, 2.24) is 4.57 Å². The number of fused-ring (bicyclic) bond motifs is 1. The maximum Gasteiger partial charge on any atom is 0.317 e. The topological polar surface area (TPSA) is 62.1 Å². The Morgan fingerprint density at radius 3 is 3.09 bits per heavy atom. The summed E-state index contributed by atoms with van der Waals surface area (Å²) in [5, 5.41) is 0.611. The number of aromatic nitrogens is 1. The van der Waals surface area contributed by atoms with Gasteiger partial charge in [0, 0.05) is 13.7 Å². The molecule has 23 heavy (non-hydrogen) atoms. The molecule has 8 heteroatoms. The van der Waals surface area contributed by atoms with E-state index in [4.69, 9.17) is 25.8 Å². The lowest BCUT2D eigenvalue weighted by Gasteiger charge is -2.12. The number of methoxy groups -OCH3 is 1. The van der Waals surface area contributed by atoms with Crippen LogP contribution in [0.25, 0.3) is 10.2 Å². The number of para-hydroxylation sites is 1. The molecule has 3 rings (SSSR count). The highest BCUT2D eigenvalue weighted by Crippen LogP contribution is 2.25. The highest BCUT2D eigenvalue weighted by Gasteiger charge is 2.16. The van der Waals surface area contributed by atoms with Crippen LogP contribution in [0.2, 0.25) is 5.02 Å². The monoisotopic (exact) mass is 354 g/mol. The van der Waals surface area contributed by atoms with Gasteiger partial charge in [-0.25, -0.2) is 0 Å². The molecule has 0 atom stereocenters. The Morgan fingerprint density at radius 2 is 2.35 bits per heavy atom. The Morgan fingerprint density at radius 1 is 1.48 bits per heavy atom. The van der Waals surface area contributed by atoms with Crippen molar-refractivity contribution in [2.75, 3.05) is 26.9 Å². The van der Waals surface area contributed by atoms with Crippen molar-refractivity contribution in [3.63, 3.8) is 0 Å². The molecule has 0 saturated carbocycles. The molecule has 0 spiro atoms. The van der Waals surface area contributed by atoms with Crippen molar-refractivity contribution in [3.05, 3.63) is 40.0 Å². The van der Waals surface area contributed by atoms with Gasteiger partial charge in [-0.3, -0.25) is 4.79 Å². The van der Waals surface area contributed by atoms with Gasteiger partial charge in [0.15, 0.2) is 4.80 Å². The van der Waals surface area contributed by atoms with Crippen molar-refractivity contribution in [1.29, 1.82) is 0 Å². The number of thiazole rings is 1. The summed E-state index contributed by atoms with van der Waals surface area (Å²) in [6, 6.07) is 5.62. The third-order valence-electron chi connectivity index (χ3n) is 3.23. The first-order valence-corrected chi connectivity index (χ1v) is 8.20. The molecule has 0 N–H and O–H groups in total. The lowest BCUT2D eigenvalue weighted by Crippen LogP contribution is -2.21. The zero-order chi connectivity index (χ0) is 16.2. The van der Waals surface area contributed by atoms with Crippen LogP contribution in [0.1, 0.15) is 0 Å². The number of halogens is 1. The molecular weight excluding hydrogens is 340 g/mol. The highest BCUT2D eigenvalue weighted by atomic mass is 35.5. The van der Waals surface area contributed by atoms with E-state index in [9.17, 15) is 4.79 Å². The molecule has 0 fully saturated rings. The number of benzene rings is 1. The van der Waals surface area contributed by atoms with Gasteiger partial charge in [-0.05, 0) is 12.1 Å². The SMILES string of the molecule is COCCn1c(=NC(=O)C2=COCCO2)sc2cccc(Cl)c21. The van der Waals surface area contributed by atoms with E-state index in [1.54, 1.807) is 7.11 Å². The number of hydrogen-bond acceptors (Lipinski definition) is 5. The molecule has 1 aliphatic heterocycles. The van der Waals surface area contributed by atoms with Gasteiger partial charge in [-0.1, -0.05) is 29.0 Å². The average Bonchev–Trinajstić information content (AvgIpc) is 2.92. The van der Waals surface area contributed by atoms with E-state index in [2.05, 4.69) is 4.99 Å². The second kappa shape index (κ2) is 7.16. The fourth-order valence-electron chi connectivity index (χ4n) is 2.18. The Balaban J connectivity index is 2.08. The molecule has 6 nitrogen and oxygen atoms in total. The highest BCUT2D eigenvalue weighted by molar-refractivity contribution is 7.16. The van der Waals surface area contributed by atoms with Gasteiger partial charge < -0.3 is 18.8 Å². The second-order valence-corrected chi connectivity index (χ2v) is 6.15. The first-order chi connectivity index (χ1) is 11.2. The minimum atomic E-state index is -0.474. The van der Waals surface area contributed by atoms with Crippen LogP contribution >= 0.6 is 22.9 Å². The molecule has 0 radical (unpaired) electrons. The molecular formula is C15H15ClN2O4S. The van der Waals surface area contributed by atoms with Gasteiger partial charge in [0.05, 0.1) is 21.8 Å². The zero-order valence-corrected chi connectivity index (χ0v) is 14.0. The molecule has 1 aromatic heterocycles. The van der Waals surface area contributed by atoms with E-state index in [0.717, 1.165) is 10.2 Å². The Bertz CT molecular complexity index is 824. The summed E-state index contributed by atoms with van der Waals surface area (Å²) in [5.41, 5.74) is 0.845. The summed E-state index contributed by atoms with van der Waals surface area (Å²) in [4.78, 5) is 17.0. The number of carbonyl (C=O) groups is 1. The first kappa shape index (κ1) is 16.0. The van der Waals surface area contributed by atoms with E-state index in [-0.39, 0.29) is 5.76 Å². The minimum Gasteiger partial charge on any atom is -0.494 e. The van der Waals surface area contributed by atoms with Gasteiger partial charge in [-0.2, -0.15) is 4.99 Å². The number of amides is 1. The number of ether oxygens (including phenoxy) is 3. The van der Waals surface area contributed by atoms with Gasteiger partial charge in [0.2, 0.25) is 5.76 Å². The predicted octanol–water partition coefficient (Wildman–Crippen LogP) is 2.32. The smallest absolute Gasteiger partial charge is 0.317 e. The fraction of sp³-hybridized carbons (Fsp3) is 0.333. The van der Waals surface area contributed by atoms with Crippen LogP contribution in [0, 0.1) is 0 Å². The molecule has 1 aliphatic rings. The van der Waals surface area contributed by atoms with Crippen LogP contribution in [0.15, 0.2) is 35.2 Å². The first-order valence-electron chi connectivity index (χ1n) is 7.01. The standard InChI is InChI=1S/C15H15ClN2O4S/c1-20-6-5-18-13-10(16)3-2-4-12(13)23-15(18)17-14(19)11-9-21-7-8-22-11/h2-4,9H,5-8H2,1H3. The number of rotatable bonds is 4. The normalized spacial score (nSPS) is 15.2. The van der Waals surface area contributed by atoms with Crippen molar-refractivity contribution in [2.24, 2.45) is 4.99 Å². The van der Waals surface area contributed by atoms with E-state index in [0.29, 0.717) is 36.2 Å². The number of carbonyl (C=O) groups excluding carboxylic acids is 1. The lowest BCUT2D eigenvalue weighted by molar-refractivity contribution is -0.119. The van der Waals surface area contributed by atoms with Crippen molar-refractivity contribution in [3.8, 4) is 0 Å². The third-order valence-corrected chi connectivity index (χ3v) is 4.58. The molecule has 0 unspecified atom stereocenters. The molecule has 1 aromatic carbocycles. The second-order valence-electron chi connectivity index (χ2n) is 4.73. The minimum absolute atomic E-state index is 0.109. The Kier molecular flexibility index (Phi) is 5.00. The van der Waals surface area contributed by atoms with Crippen LogP contribution in [0.3, 0.4) is 0 Å². The summed E-state index contributed by atoms with van der Waals surface area (Å²) in [6.45, 7) is 1.81. The van der Waals surface area contributed by atoms with E-state index < -0.39 is 5.91 Å². The van der Waals surface area contributed by atoms with Crippen molar-refractivity contribution in [2.45, 2.75) is 6.54 Å². The van der Waals surface area contributed by atoms with E-state index >= 15 is 0 Å². The molecule has 1 amide bonds. The summed E-state index contributed by atoms with van der Waals surface area (Å²) in [7, 11) is 1.62. The lowest BCUT2D eigenvalue weighted by atomic mass is 10.3. The third kappa shape index (κ3) is 3.41. The summed E-state index contributed by atoms with van der Waals surface area (Å²) in [6.07, 6.45) is 1.30. The number of nitrogens with zero attached hydrogens (tertiary/aromatic N) is 2. The van der Waals surface area contributed by atoms with Crippen molar-refractivity contribution >= 4 is 39.1 Å². The van der Waals surface area contributed by atoms with Gasteiger partial charge in [0.25, 0.3) is 0 Å². The van der Waals surface area contributed by atoms with Crippen molar-refractivity contribution < 1.29 is 19.0 Å². The number of hydrogen-bond donors (Lipinski definition) is 0. The predicted molar refractivity (Wildman–Crippen MR) is 87.3 cm³/mol. The van der Waals surface area contributed by atoms with Gasteiger partial charge in [0.1, 0.15) is 19.5 Å². The maximum atomic E-state index is 12.2. The Labute approximate surface area is 141 Å². The summed E-state index contributed by atoms with van der Waals surface area (Å²) in [5.74, 6) is -0.364. The van der Waals surface area contributed by atoms with E-state index in [1.165, 1.54) is 17.6 Å². The molecule has 0 saturated heterocycles. The van der Waals surface area contributed by atoms with Crippen LogP contribution in [-0.4, -0.2) is 37.4 Å². The fourth-order valence-corrected chi connectivity index (χ4v) is 3.60. The van der Waals surface area contributed by atoms with Gasteiger partial charge >= 0.3 is 5.91 Å². The van der Waals surface area contributed by atoms with Gasteiger partial charge in [-0.15, -0.1) is 0 Å². The quantitative estimate of drug-likeness (QED) is 0.845. The Hall–Kier alpha value is -1.83. The van der Waals surface area contributed by atoms with Crippen LogP contribution in [0.4, 0.5) is 0 Å².